The summed E-state index contributed by atoms with van der Waals surface area (Å²) in [6.45, 7) is -0.241. The molecule has 0 unspecified atom stereocenters. The molecular weight excluding hydrogens is 495 g/mol. The van der Waals surface area contributed by atoms with Gasteiger partial charge in [0.05, 0.1) is 17.7 Å². The number of carboxylic acid groups (broad SMARTS) is 1. The number of rotatable bonds is 7. The van der Waals surface area contributed by atoms with Crippen LogP contribution in [0, 0.1) is 5.92 Å². The summed E-state index contributed by atoms with van der Waals surface area (Å²) in [4.78, 5) is 29.2. The summed E-state index contributed by atoms with van der Waals surface area (Å²) in [6, 6.07) is 2.60. The lowest BCUT2D eigenvalue weighted by Crippen LogP contribution is -2.35. The Morgan fingerprint density at radius 3 is 2.57 bits per heavy atom. The first-order chi connectivity index (χ1) is 17.5. The average Bonchev–Trinajstić information content (AvgIpc) is 3.52. The van der Waals surface area contributed by atoms with Crippen molar-refractivity contribution in [2.75, 3.05) is 7.05 Å². The van der Waals surface area contributed by atoms with Gasteiger partial charge < -0.3 is 19.5 Å². The maximum absolute atomic E-state index is 13.9. The van der Waals surface area contributed by atoms with Crippen LogP contribution in [0.25, 0.3) is 11.4 Å². The van der Waals surface area contributed by atoms with Gasteiger partial charge in [-0.25, -0.2) is 14.5 Å². The molecule has 2 aromatic heterocycles. The van der Waals surface area contributed by atoms with Crippen LogP contribution in [-0.4, -0.2) is 61.2 Å². The Kier molecular flexibility index (Phi) is 7.88. The van der Waals surface area contributed by atoms with Crippen LogP contribution in [-0.2, 0) is 29.4 Å². The van der Waals surface area contributed by atoms with E-state index in [1.807, 2.05) is 0 Å². The van der Waals surface area contributed by atoms with Gasteiger partial charge in [0.15, 0.2) is 11.4 Å². The number of aromatic nitrogens is 4. The number of halogens is 3. The summed E-state index contributed by atoms with van der Waals surface area (Å²) in [5.74, 6) is -2.11. The molecule has 2 aliphatic carbocycles. The van der Waals surface area contributed by atoms with Gasteiger partial charge in [0.25, 0.3) is 0 Å². The molecule has 0 spiro atoms. The van der Waals surface area contributed by atoms with Gasteiger partial charge in [-0.15, -0.1) is 5.10 Å². The van der Waals surface area contributed by atoms with Crippen molar-refractivity contribution in [1.29, 1.82) is 0 Å². The molecule has 4 rings (SSSR count). The predicted molar refractivity (Wildman–Crippen MR) is 123 cm³/mol. The molecule has 2 fully saturated rings. The van der Waals surface area contributed by atoms with Gasteiger partial charge in [-0.3, -0.25) is 4.79 Å². The molecule has 13 heteroatoms. The van der Waals surface area contributed by atoms with Gasteiger partial charge in [-0.1, -0.05) is 18.1 Å². The molecule has 10 nitrogen and oxygen atoms in total. The lowest BCUT2D eigenvalue weighted by molar-refractivity contribution is -0.146. The van der Waals surface area contributed by atoms with Crippen LogP contribution in [0.1, 0.15) is 62.8 Å². The number of pyridine rings is 1. The molecule has 37 heavy (non-hydrogen) atoms. The number of alkyl halides is 3. The number of hydrogen-bond donors (Lipinski definition) is 1. The van der Waals surface area contributed by atoms with Crippen LogP contribution in [0.2, 0.25) is 0 Å². The maximum atomic E-state index is 13.9. The molecular formula is C24H30F3N5O5. The molecule has 0 saturated heterocycles. The molecule has 0 bridgehead atoms. The minimum atomic E-state index is -4.83. The minimum Gasteiger partial charge on any atom is -0.488 e. The van der Waals surface area contributed by atoms with Crippen molar-refractivity contribution in [3.05, 3.63) is 23.5 Å². The summed E-state index contributed by atoms with van der Waals surface area (Å²) in [5.41, 5.74) is -0.995. The standard InChI is InChI=1S/C24H30F3N5O5/c1-31(15-7-3-4-8-15)23(35)36-13-18-20(29-30-32(18)2)17-10-11-19(21(28-17)24(25,26)27)37-16-9-5-6-14(12-16)22(33)34/h10-11,14-16H,3-9,12-13H2,1-2H3,(H,33,34)/t14-,16-/m0/s1. The second kappa shape index (κ2) is 10.9. The highest BCUT2D eigenvalue weighted by atomic mass is 19.4. The number of hydrogen-bond acceptors (Lipinski definition) is 7. The molecule has 0 aromatic carbocycles. The van der Waals surface area contributed by atoms with Gasteiger partial charge >= 0.3 is 18.2 Å². The normalized spacial score (nSPS) is 20.6. The third-order valence-corrected chi connectivity index (χ3v) is 7.07. The molecule has 2 saturated carbocycles. The number of carbonyl (C=O) groups excluding carboxylic acids is 1. The van der Waals surface area contributed by atoms with Gasteiger partial charge in [0.1, 0.15) is 18.0 Å². The molecule has 2 heterocycles. The first kappa shape index (κ1) is 26.7. The fourth-order valence-electron chi connectivity index (χ4n) is 4.94. The second-order valence-corrected chi connectivity index (χ2v) is 9.59. The summed E-state index contributed by atoms with van der Waals surface area (Å²) < 4.78 is 54.2. The van der Waals surface area contributed by atoms with Crippen LogP contribution < -0.4 is 4.74 Å². The second-order valence-electron chi connectivity index (χ2n) is 9.59. The van der Waals surface area contributed by atoms with Crippen LogP contribution in [0.5, 0.6) is 5.75 Å². The third kappa shape index (κ3) is 6.13. The Morgan fingerprint density at radius 1 is 1.16 bits per heavy atom. The first-order valence-corrected chi connectivity index (χ1v) is 12.3. The summed E-state index contributed by atoms with van der Waals surface area (Å²) in [7, 11) is 3.21. The Labute approximate surface area is 211 Å². The van der Waals surface area contributed by atoms with Crippen molar-refractivity contribution in [3.63, 3.8) is 0 Å². The molecule has 0 aliphatic heterocycles. The predicted octanol–water partition coefficient (Wildman–Crippen LogP) is 4.43. The number of nitrogens with zero attached hydrogens (tertiary/aromatic N) is 5. The number of aliphatic carboxylic acids is 1. The lowest BCUT2D eigenvalue weighted by atomic mass is 9.87. The first-order valence-electron chi connectivity index (χ1n) is 12.3. The average molecular weight is 526 g/mol. The SMILES string of the molecule is CN(C(=O)OCc1c(-c2ccc(O[C@H]3CCC[C@H](C(=O)O)C3)c(C(F)(F)F)n2)nnn1C)C1CCCC1. The quantitative estimate of drug-likeness (QED) is 0.564. The van der Waals surface area contributed by atoms with E-state index in [9.17, 15) is 27.9 Å². The topological polar surface area (TPSA) is 120 Å². The fourth-order valence-corrected chi connectivity index (χ4v) is 4.94. The molecule has 1 amide bonds. The number of ether oxygens (including phenoxy) is 2. The zero-order valence-corrected chi connectivity index (χ0v) is 20.7. The van der Waals surface area contributed by atoms with E-state index >= 15 is 0 Å². The maximum Gasteiger partial charge on any atom is 0.437 e. The van der Waals surface area contributed by atoms with E-state index in [4.69, 9.17) is 9.47 Å². The van der Waals surface area contributed by atoms with E-state index in [0.717, 1.165) is 31.7 Å². The number of carbonyl (C=O) groups is 2. The van der Waals surface area contributed by atoms with Crippen LogP contribution in [0.15, 0.2) is 12.1 Å². The van der Waals surface area contributed by atoms with Gasteiger partial charge in [-0.2, -0.15) is 13.2 Å². The van der Waals surface area contributed by atoms with Crippen molar-refractivity contribution in [3.8, 4) is 17.1 Å². The minimum absolute atomic E-state index is 0.0551. The van der Waals surface area contributed by atoms with E-state index in [-0.39, 0.29) is 30.5 Å². The number of carboxylic acids is 1. The molecule has 2 aliphatic rings. The van der Waals surface area contributed by atoms with Crippen LogP contribution in [0.3, 0.4) is 0 Å². The van der Waals surface area contributed by atoms with Crippen molar-refractivity contribution in [2.24, 2.45) is 13.0 Å². The van der Waals surface area contributed by atoms with E-state index in [1.165, 1.54) is 10.7 Å². The molecule has 0 radical (unpaired) electrons. The van der Waals surface area contributed by atoms with E-state index in [1.54, 1.807) is 19.0 Å². The summed E-state index contributed by atoms with van der Waals surface area (Å²) >= 11 is 0. The third-order valence-electron chi connectivity index (χ3n) is 7.07. The van der Waals surface area contributed by atoms with Gasteiger partial charge in [-0.05, 0) is 50.7 Å². The highest BCUT2D eigenvalue weighted by Crippen LogP contribution is 2.38. The Hall–Kier alpha value is -3.38. The lowest BCUT2D eigenvalue weighted by Gasteiger charge is -2.28. The number of aryl methyl sites for hydroxylation is 1. The van der Waals surface area contributed by atoms with Crippen molar-refractivity contribution in [2.45, 2.75) is 76.3 Å². The van der Waals surface area contributed by atoms with Gasteiger partial charge in [0, 0.05) is 20.1 Å². The van der Waals surface area contributed by atoms with E-state index in [2.05, 4.69) is 15.3 Å². The molecule has 2 atom stereocenters. The zero-order chi connectivity index (χ0) is 26.7. The molecule has 2 aromatic rings. The van der Waals surface area contributed by atoms with Crippen molar-refractivity contribution in [1.82, 2.24) is 24.9 Å². The van der Waals surface area contributed by atoms with Gasteiger partial charge in [0.2, 0.25) is 0 Å². The fraction of sp³-hybridized carbons (Fsp3) is 0.625. The largest absolute Gasteiger partial charge is 0.488 e. The van der Waals surface area contributed by atoms with Crippen LogP contribution in [0.4, 0.5) is 18.0 Å². The number of amides is 1. The van der Waals surface area contributed by atoms with Crippen molar-refractivity contribution >= 4 is 12.1 Å². The van der Waals surface area contributed by atoms with E-state index in [0.29, 0.717) is 25.0 Å². The Bertz CT molecular complexity index is 1130. The monoisotopic (exact) mass is 525 g/mol. The Balaban J connectivity index is 1.53. The molecule has 1 N–H and O–H groups in total. The van der Waals surface area contributed by atoms with Crippen LogP contribution >= 0.6 is 0 Å². The summed E-state index contributed by atoms with van der Waals surface area (Å²) in [5, 5.41) is 17.1. The smallest absolute Gasteiger partial charge is 0.437 e. The highest BCUT2D eigenvalue weighted by molar-refractivity contribution is 5.70. The highest BCUT2D eigenvalue weighted by Gasteiger charge is 2.39. The van der Waals surface area contributed by atoms with E-state index < -0.39 is 41.7 Å². The van der Waals surface area contributed by atoms with Crippen molar-refractivity contribution < 1.29 is 37.3 Å². The molecule has 202 valence electrons. The summed E-state index contributed by atoms with van der Waals surface area (Å²) in [6.07, 6.45) is -0.516. The zero-order valence-electron chi connectivity index (χ0n) is 20.7. The Morgan fingerprint density at radius 2 is 1.89 bits per heavy atom.